The highest BCUT2D eigenvalue weighted by Crippen LogP contribution is 2.16. The summed E-state index contributed by atoms with van der Waals surface area (Å²) in [7, 11) is 0. The monoisotopic (exact) mass is 213 g/mol. The largest absolute Gasteiger partial charge is 0.467 e. The summed E-state index contributed by atoms with van der Waals surface area (Å²) in [5, 5.41) is 12.1. The Labute approximate surface area is 93.5 Å². The number of nitrogens with zero attached hydrogens (tertiary/aromatic N) is 2. The van der Waals surface area contributed by atoms with Gasteiger partial charge in [-0.05, 0) is 30.7 Å². The molecule has 0 saturated heterocycles. The minimum atomic E-state index is 0.526. The SMILES string of the molecule is Cc1ccnc(NCc2ccco2)c1C#N. The van der Waals surface area contributed by atoms with Gasteiger partial charge in [0, 0.05) is 6.20 Å². The van der Waals surface area contributed by atoms with Gasteiger partial charge in [-0.2, -0.15) is 5.26 Å². The van der Waals surface area contributed by atoms with Gasteiger partial charge in [-0.25, -0.2) is 4.98 Å². The maximum atomic E-state index is 9.00. The topological polar surface area (TPSA) is 61.9 Å². The summed E-state index contributed by atoms with van der Waals surface area (Å²) >= 11 is 0. The second kappa shape index (κ2) is 4.49. The van der Waals surface area contributed by atoms with Crippen LogP contribution in [0.5, 0.6) is 0 Å². The van der Waals surface area contributed by atoms with Crippen LogP contribution < -0.4 is 5.32 Å². The molecule has 0 aliphatic rings. The van der Waals surface area contributed by atoms with E-state index in [1.165, 1.54) is 0 Å². The van der Waals surface area contributed by atoms with Gasteiger partial charge in [0.2, 0.25) is 0 Å². The Bertz CT molecular complexity index is 512. The van der Waals surface area contributed by atoms with Crippen LogP contribution in [0.3, 0.4) is 0 Å². The normalized spacial score (nSPS) is 9.75. The first kappa shape index (κ1) is 10.2. The first-order valence-electron chi connectivity index (χ1n) is 4.93. The van der Waals surface area contributed by atoms with Gasteiger partial charge in [0.1, 0.15) is 17.6 Å². The highest BCUT2D eigenvalue weighted by Gasteiger charge is 2.06. The molecule has 2 heterocycles. The third-order valence-electron chi connectivity index (χ3n) is 2.28. The van der Waals surface area contributed by atoms with Gasteiger partial charge in [0.25, 0.3) is 0 Å². The average molecular weight is 213 g/mol. The van der Waals surface area contributed by atoms with Crippen LogP contribution in [0.1, 0.15) is 16.9 Å². The van der Waals surface area contributed by atoms with Crippen molar-refractivity contribution in [3.63, 3.8) is 0 Å². The van der Waals surface area contributed by atoms with E-state index < -0.39 is 0 Å². The third kappa shape index (κ3) is 2.04. The zero-order chi connectivity index (χ0) is 11.4. The van der Waals surface area contributed by atoms with Crippen molar-refractivity contribution in [2.24, 2.45) is 0 Å². The fraction of sp³-hybridized carbons (Fsp3) is 0.167. The third-order valence-corrected chi connectivity index (χ3v) is 2.28. The van der Waals surface area contributed by atoms with Crippen molar-refractivity contribution in [1.82, 2.24) is 4.98 Å². The smallest absolute Gasteiger partial charge is 0.144 e. The average Bonchev–Trinajstić information content (AvgIpc) is 2.79. The summed E-state index contributed by atoms with van der Waals surface area (Å²) in [5.41, 5.74) is 1.49. The van der Waals surface area contributed by atoms with E-state index >= 15 is 0 Å². The van der Waals surface area contributed by atoms with Crippen LogP contribution in [-0.4, -0.2) is 4.98 Å². The number of pyridine rings is 1. The molecule has 1 N–H and O–H groups in total. The van der Waals surface area contributed by atoms with Crippen LogP contribution >= 0.6 is 0 Å². The molecule has 0 fully saturated rings. The standard InChI is InChI=1S/C12H11N3O/c1-9-4-5-14-12(11(9)7-13)15-8-10-3-2-6-16-10/h2-6H,8H2,1H3,(H,14,15). The molecule has 2 aromatic rings. The van der Waals surface area contributed by atoms with E-state index in [0.717, 1.165) is 11.3 Å². The van der Waals surface area contributed by atoms with E-state index in [0.29, 0.717) is 17.9 Å². The molecule has 0 bridgehead atoms. The van der Waals surface area contributed by atoms with Gasteiger partial charge in [-0.3, -0.25) is 0 Å². The van der Waals surface area contributed by atoms with E-state index in [1.807, 2.05) is 25.1 Å². The lowest BCUT2D eigenvalue weighted by molar-refractivity contribution is 0.518. The first-order chi connectivity index (χ1) is 7.81. The summed E-state index contributed by atoms with van der Waals surface area (Å²) in [4.78, 5) is 4.13. The summed E-state index contributed by atoms with van der Waals surface area (Å²) in [6, 6.07) is 7.65. The molecular weight excluding hydrogens is 202 g/mol. The summed E-state index contributed by atoms with van der Waals surface area (Å²) in [5.74, 6) is 1.41. The number of nitriles is 1. The molecular formula is C12H11N3O. The van der Waals surface area contributed by atoms with E-state index in [-0.39, 0.29) is 0 Å². The van der Waals surface area contributed by atoms with Crippen molar-refractivity contribution in [3.8, 4) is 6.07 Å². The molecule has 2 rings (SSSR count). The maximum Gasteiger partial charge on any atom is 0.144 e. The number of aryl methyl sites for hydroxylation is 1. The molecule has 0 unspecified atom stereocenters. The molecule has 0 saturated carbocycles. The second-order valence-electron chi connectivity index (χ2n) is 3.40. The molecule has 0 aromatic carbocycles. The fourth-order valence-corrected chi connectivity index (χ4v) is 1.42. The van der Waals surface area contributed by atoms with E-state index in [2.05, 4.69) is 16.4 Å². The van der Waals surface area contributed by atoms with E-state index in [4.69, 9.17) is 9.68 Å². The number of hydrogen-bond acceptors (Lipinski definition) is 4. The van der Waals surface area contributed by atoms with Crippen molar-refractivity contribution < 1.29 is 4.42 Å². The van der Waals surface area contributed by atoms with Crippen LogP contribution in [0.15, 0.2) is 35.1 Å². The highest BCUT2D eigenvalue weighted by atomic mass is 16.3. The summed E-state index contributed by atoms with van der Waals surface area (Å²) < 4.78 is 5.19. The number of hydrogen-bond donors (Lipinski definition) is 1. The Hall–Kier alpha value is -2.28. The predicted octanol–water partition coefficient (Wildman–Crippen LogP) is 2.47. The van der Waals surface area contributed by atoms with Crippen molar-refractivity contribution in [2.75, 3.05) is 5.32 Å². The molecule has 0 spiro atoms. The summed E-state index contributed by atoms with van der Waals surface area (Å²) in [6.07, 6.45) is 3.30. The van der Waals surface area contributed by atoms with E-state index in [1.54, 1.807) is 12.5 Å². The van der Waals surface area contributed by atoms with Crippen LogP contribution in [0.4, 0.5) is 5.82 Å². The van der Waals surface area contributed by atoms with Crippen molar-refractivity contribution in [1.29, 1.82) is 5.26 Å². The molecule has 2 aromatic heterocycles. The van der Waals surface area contributed by atoms with Gasteiger partial charge >= 0.3 is 0 Å². The first-order valence-corrected chi connectivity index (χ1v) is 4.93. The quantitative estimate of drug-likeness (QED) is 0.850. The number of furan rings is 1. The van der Waals surface area contributed by atoms with E-state index in [9.17, 15) is 0 Å². The van der Waals surface area contributed by atoms with Crippen LogP contribution in [0.25, 0.3) is 0 Å². The summed E-state index contributed by atoms with van der Waals surface area (Å²) in [6.45, 7) is 2.41. The molecule has 4 heteroatoms. The lowest BCUT2D eigenvalue weighted by Gasteiger charge is -2.06. The van der Waals surface area contributed by atoms with Gasteiger partial charge < -0.3 is 9.73 Å². The Morgan fingerprint density at radius 2 is 2.38 bits per heavy atom. The minimum Gasteiger partial charge on any atom is -0.467 e. The van der Waals surface area contributed by atoms with Crippen LogP contribution in [0.2, 0.25) is 0 Å². The molecule has 4 nitrogen and oxygen atoms in total. The number of rotatable bonds is 3. The Kier molecular flexibility index (Phi) is 2.88. The Balaban J connectivity index is 2.16. The predicted molar refractivity (Wildman–Crippen MR) is 59.7 cm³/mol. The van der Waals surface area contributed by atoms with Crippen molar-refractivity contribution >= 4 is 5.82 Å². The molecule has 0 amide bonds. The lowest BCUT2D eigenvalue weighted by Crippen LogP contribution is -2.03. The Morgan fingerprint density at radius 1 is 1.50 bits per heavy atom. The van der Waals surface area contributed by atoms with Gasteiger partial charge in [-0.1, -0.05) is 0 Å². The lowest BCUT2D eigenvalue weighted by atomic mass is 10.1. The van der Waals surface area contributed by atoms with Gasteiger partial charge in [0.05, 0.1) is 18.4 Å². The molecule has 16 heavy (non-hydrogen) atoms. The number of nitrogens with one attached hydrogen (secondary N) is 1. The number of aromatic nitrogens is 1. The molecule has 0 atom stereocenters. The zero-order valence-electron chi connectivity index (χ0n) is 8.90. The van der Waals surface area contributed by atoms with Crippen LogP contribution in [-0.2, 0) is 6.54 Å². The van der Waals surface area contributed by atoms with Crippen molar-refractivity contribution in [3.05, 3.63) is 47.5 Å². The molecule has 0 aliphatic heterocycles. The van der Waals surface area contributed by atoms with Crippen LogP contribution in [0, 0.1) is 18.3 Å². The maximum absolute atomic E-state index is 9.00. The Morgan fingerprint density at radius 3 is 3.06 bits per heavy atom. The highest BCUT2D eigenvalue weighted by molar-refractivity contribution is 5.55. The fourth-order valence-electron chi connectivity index (χ4n) is 1.42. The second-order valence-corrected chi connectivity index (χ2v) is 3.40. The van der Waals surface area contributed by atoms with Gasteiger partial charge in [-0.15, -0.1) is 0 Å². The zero-order valence-corrected chi connectivity index (χ0v) is 8.90. The molecule has 0 radical (unpaired) electrons. The number of anilines is 1. The minimum absolute atomic E-state index is 0.526. The van der Waals surface area contributed by atoms with Gasteiger partial charge in [0.15, 0.2) is 0 Å². The van der Waals surface area contributed by atoms with Crippen molar-refractivity contribution in [2.45, 2.75) is 13.5 Å². The molecule has 80 valence electrons. The molecule has 0 aliphatic carbocycles.